The van der Waals surface area contributed by atoms with Crippen LogP contribution in [0.15, 0.2) is 54.6 Å². The van der Waals surface area contributed by atoms with E-state index in [-0.39, 0.29) is 37.9 Å². The quantitative estimate of drug-likeness (QED) is 0.242. The molecule has 1 fully saturated rings. The summed E-state index contributed by atoms with van der Waals surface area (Å²) in [5, 5.41) is 15.5. The highest BCUT2D eigenvalue weighted by Gasteiger charge is 2.28. The lowest BCUT2D eigenvalue weighted by Crippen LogP contribution is -2.44. The van der Waals surface area contributed by atoms with Crippen LogP contribution in [0, 0.1) is 5.92 Å². The van der Waals surface area contributed by atoms with Crippen LogP contribution in [-0.4, -0.2) is 40.9 Å². The molecule has 0 spiro atoms. The minimum absolute atomic E-state index is 0.0596. The van der Waals surface area contributed by atoms with Gasteiger partial charge in [-0.15, -0.1) is 0 Å². The molecule has 3 amide bonds. The SMILES string of the molecule is O=C(CC[C@@H](CO)NC(=O)[C@H](CC1CCCCC1)SNC(=O)OCc1cccc(Cl)c1)Nc1ccccc1. The second-order valence-electron chi connectivity index (χ2n) is 9.50. The fourth-order valence-electron chi connectivity index (χ4n) is 4.41. The Morgan fingerprint density at radius 2 is 1.82 bits per heavy atom. The van der Waals surface area contributed by atoms with Crippen molar-refractivity contribution in [3.8, 4) is 0 Å². The molecule has 2 aromatic carbocycles. The van der Waals surface area contributed by atoms with E-state index in [1.807, 2.05) is 18.2 Å². The van der Waals surface area contributed by atoms with Crippen LogP contribution in [0.2, 0.25) is 5.02 Å². The van der Waals surface area contributed by atoms with Gasteiger partial charge in [0.25, 0.3) is 0 Å². The maximum atomic E-state index is 13.2. The zero-order valence-corrected chi connectivity index (χ0v) is 22.9. The Kier molecular flexibility index (Phi) is 12.8. The summed E-state index contributed by atoms with van der Waals surface area (Å²) in [6, 6.07) is 15.6. The molecule has 38 heavy (non-hydrogen) atoms. The van der Waals surface area contributed by atoms with Gasteiger partial charge in [-0.2, -0.15) is 0 Å². The summed E-state index contributed by atoms with van der Waals surface area (Å²) in [4.78, 5) is 37.8. The third kappa shape index (κ3) is 10.9. The largest absolute Gasteiger partial charge is 0.444 e. The van der Waals surface area contributed by atoms with Crippen molar-refractivity contribution in [3.63, 3.8) is 0 Å². The zero-order valence-electron chi connectivity index (χ0n) is 21.4. The normalized spacial score (nSPS) is 15.2. The van der Waals surface area contributed by atoms with Crippen LogP contribution in [0.1, 0.15) is 56.9 Å². The fourth-order valence-corrected chi connectivity index (χ4v) is 5.47. The Labute approximate surface area is 233 Å². The summed E-state index contributed by atoms with van der Waals surface area (Å²) < 4.78 is 7.92. The van der Waals surface area contributed by atoms with Crippen LogP contribution in [0.4, 0.5) is 10.5 Å². The molecule has 4 N–H and O–H groups in total. The Balaban J connectivity index is 1.50. The number of hydrogen-bond acceptors (Lipinski definition) is 6. The van der Waals surface area contributed by atoms with E-state index in [4.69, 9.17) is 16.3 Å². The summed E-state index contributed by atoms with van der Waals surface area (Å²) in [7, 11) is 0. The van der Waals surface area contributed by atoms with E-state index in [1.165, 1.54) is 6.42 Å². The number of halogens is 1. The lowest BCUT2D eigenvalue weighted by Gasteiger charge is -2.27. The van der Waals surface area contributed by atoms with Crippen LogP contribution in [0.25, 0.3) is 0 Å². The molecule has 0 bridgehead atoms. The highest BCUT2D eigenvalue weighted by molar-refractivity contribution is 7.99. The number of benzene rings is 2. The van der Waals surface area contributed by atoms with Crippen molar-refractivity contribution in [1.29, 1.82) is 0 Å². The summed E-state index contributed by atoms with van der Waals surface area (Å²) in [5.41, 5.74) is 1.45. The molecule has 2 aromatic rings. The number of carbonyl (C=O) groups is 3. The average molecular weight is 562 g/mol. The van der Waals surface area contributed by atoms with E-state index < -0.39 is 17.4 Å². The van der Waals surface area contributed by atoms with Gasteiger partial charge in [-0.05, 0) is 60.5 Å². The average Bonchev–Trinajstić information content (AvgIpc) is 2.93. The van der Waals surface area contributed by atoms with Gasteiger partial charge in [0.15, 0.2) is 0 Å². The van der Waals surface area contributed by atoms with Crippen molar-refractivity contribution < 1.29 is 24.2 Å². The molecular formula is C28H36ClN3O5S. The molecule has 10 heteroatoms. The van der Waals surface area contributed by atoms with Gasteiger partial charge in [-0.3, -0.25) is 14.3 Å². The molecule has 1 saturated carbocycles. The van der Waals surface area contributed by atoms with Crippen molar-refractivity contribution in [1.82, 2.24) is 10.0 Å². The Bertz CT molecular complexity index is 1040. The molecule has 206 valence electrons. The number of anilines is 1. The second kappa shape index (κ2) is 16.3. The van der Waals surface area contributed by atoms with Gasteiger partial charge in [0, 0.05) is 17.1 Å². The third-order valence-corrected chi connectivity index (χ3v) is 7.66. The first-order chi connectivity index (χ1) is 18.4. The van der Waals surface area contributed by atoms with Crippen LogP contribution < -0.4 is 15.4 Å². The van der Waals surface area contributed by atoms with Gasteiger partial charge < -0.3 is 20.5 Å². The monoisotopic (exact) mass is 561 g/mol. The molecule has 3 rings (SSSR count). The number of aliphatic hydroxyl groups is 1. The first-order valence-electron chi connectivity index (χ1n) is 13.0. The van der Waals surface area contributed by atoms with Gasteiger partial charge in [0.1, 0.15) is 11.9 Å². The number of hydrogen-bond donors (Lipinski definition) is 4. The van der Waals surface area contributed by atoms with Crippen molar-refractivity contribution >= 4 is 47.1 Å². The molecule has 0 aromatic heterocycles. The number of para-hydroxylation sites is 1. The minimum Gasteiger partial charge on any atom is -0.444 e. The predicted molar refractivity (Wildman–Crippen MR) is 151 cm³/mol. The summed E-state index contributed by atoms with van der Waals surface area (Å²) in [6.45, 7) is -0.232. The second-order valence-corrected chi connectivity index (χ2v) is 10.9. The van der Waals surface area contributed by atoms with Gasteiger partial charge in [-0.1, -0.05) is 74.0 Å². The summed E-state index contributed by atoms with van der Waals surface area (Å²) >= 11 is 7.00. The molecule has 0 unspecified atom stereocenters. The number of rotatable bonds is 13. The lowest BCUT2D eigenvalue weighted by atomic mass is 9.86. The molecule has 2 atom stereocenters. The van der Waals surface area contributed by atoms with E-state index >= 15 is 0 Å². The standard InChI is InChI=1S/C28H36ClN3O5S/c29-22-11-7-10-21(16-22)19-37-28(36)32-38-25(17-20-8-3-1-4-9-20)27(35)31-24(18-33)14-15-26(34)30-23-12-5-2-6-13-23/h2,5-7,10-13,16,20,24-25,33H,1,3-4,8-9,14-15,17-19H2,(H,30,34)(H,31,35)(H,32,36)/t24-,25-/m0/s1. The van der Waals surface area contributed by atoms with Crippen molar-refractivity contribution in [2.24, 2.45) is 5.92 Å². The van der Waals surface area contributed by atoms with Crippen LogP contribution in [0.5, 0.6) is 0 Å². The third-order valence-electron chi connectivity index (χ3n) is 6.45. The lowest BCUT2D eigenvalue weighted by molar-refractivity contribution is -0.122. The molecular weight excluding hydrogens is 526 g/mol. The minimum atomic E-state index is -0.646. The maximum Gasteiger partial charge on any atom is 0.417 e. The Hall–Kier alpha value is -2.75. The van der Waals surface area contributed by atoms with Crippen molar-refractivity contribution in [2.75, 3.05) is 11.9 Å². The fraction of sp³-hybridized carbons (Fsp3) is 0.464. The van der Waals surface area contributed by atoms with Gasteiger partial charge >= 0.3 is 6.09 Å². The molecule has 0 saturated heterocycles. The topological polar surface area (TPSA) is 117 Å². The van der Waals surface area contributed by atoms with Gasteiger partial charge in [0.2, 0.25) is 11.8 Å². The number of carbonyl (C=O) groups excluding carboxylic acids is 3. The van der Waals surface area contributed by atoms with Gasteiger partial charge in [0.05, 0.1) is 12.6 Å². The molecule has 0 aliphatic heterocycles. The smallest absolute Gasteiger partial charge is 0.417 e. The first kappa shape index (κ1) is 29.8. The van der Waals surface area contributed by atoms with Crippen molar-refractivity contribution in [2.45, 2.75) is 69.3 Å². The Morgan fingerprint density at radius 3 is 2.53 bits per heavy atom. The number of nitrogens with one attached hydrogen (secondary N) is 3. The van der Waals surface area contributed by atoms with E-state index in [1.54, 1.807) is 36.4 Å². The molecule has 1 aliphatic rings. The molecule has 1 aliphatic carbocycles. The van der Waals surface area contributed by atoms with Gasteiger partial charge in [-0.25, -0.2) is 4.79 Å². The summed E-state index contributed by atoms with van der Waals surface area (Å²) in [6.07, 6.45) is 5.96. The highest BCUT2D eigenvalue weighted by atomic mass is 35.5. The van der Waals surface area contributed by atoms with E-state index in [0.717, 1.165) is 43.2 Å². The van der Waals surface area contributed by atoms with E-state index in [2.05, 4.69) is 15.4 Å². The predicted octanol–water partition coefficient (Wildman–Crippen LogP) is 5.45. The number of amides is 3. The van der Waals surface area contributed by atoms with Crippen molar-refractivity contribution in [3.05, 3.63) is 65.2 Å². The van der Waals surface area contributed by atoms with E-state index in [9.17, 15) is 19.5 Å². The molecule has 0 heterocycles. The van der Waals surface area contributed by atoms with E-state index in [0.29, 0.717) is 23.0 Å². The highest BCUT2D eigenvalue weighted by Crippen LogP contribution is 2.30. The number of ether oxygens (including phenoxy) is 1. The van der Waals surface area contributed by atoms with Crippen LogP contribution >= 0.6 is 23.5 Å². The molecule has 0 radical (unpaired) electrons. The Morgan fingerprint density at radius 1 is 1.05 bits per heavy atom. The molecule has 8 nitrogen and oxygen atoms in total. The van der Waals surface area contributed by atoms with Crippen LogP contribution in [0.3, 0.4) is 0 Å². The maximum absolute atomic E-state index is 13.2. The first-order valence-corrected chi connectivity index (χ1v) is 14.3. The zero-order chi connectivity index (χ0) is 27.2. The van der Waals surface area contributed by atoms with Crippen LogP contribution in [-0.2, 0) is 20.9 Å². The number of aliphatic hydroxyl groups excluding tert-OH is 1. The summed E-state index contributed by atoms with van der Waals surface area (Å²) in [5.74, 6) is -0.0834.